The van der Waals surface area contributed by atoms with E-state index in [1.807, 2.05) is 6.42 Å². The van der Waals surface area contributed by atoms with Gasteiger partial charge < -0.3 is 0 Å². The second kappa shape index (κ2) is 1.70. The topological polar surface area (TPSA) is 0 Å². The summed E-state index contributed by atoms with van der Waals surface area (Å²) in [6, 6.07) is 0. The summed E-state index contributed by atoms with van der Waals surface area (Å²) in [4.78, 5) is 0. The quantitative estimate of drug-likeness (QED) is 0.585. The van der Waals surface area contributed by atoms with Crippen molar-refractivity contribution in [1.29, 1.82) is 0 Å². The molecule has 0 heterocycles. The van der Waals surface area contributed by atoms with Crippen LogP contribution in [0.3, 0.4) is 0 Å². The Morgan fingerprint density at radius 1 is 0.857 bits per heavy atom. The fourth-order valence-corrected chi connectivity index (χ4v) is 2.79. The van der Waals surface area contributed by atoms with E-state index in [1.165, 1.54) is 0 Å². The molecule has 1 saturated carbocycles. The van der Waals surface area contributed by atoms with Crippen LogP contribution in [0.1, 0.15) is 0 Å². The molecule has 0 spiro atoms. The fraction of sp³-hybridized carbons (Fsp3) is 0.667. The van der Waals surface area contributed by atoms with Gasteiger partial charge >= 0.3 is 0 Å². The van der Waals surface area contributed by atoms with E-state index in [1.54, 1.807) is 0 Å². The predicted octanol–water partition coefficient (Wildman–Crippen LogP) is 3.18. The molecule has 0 saturated heterocycles. The van der Waals surface area contributed by atoms with Gasteiger partial charge in [-0.25, -0.2) is 0 Å². The van der Waals surface area contributed by atoms with Gasteiger partial charge in [0.25, 0.3) is 0 Å². The van der Waals surface area contributed by atoms with Gasteiger partial charge in [0, 0.05) is 6.42 Å². The molecule has 0 N–H and O–H groups in total. The van der Waals surface area contributed by atoms with Crippen molar-refractivity contribution >= 4 is 63.7 Å². The molecule has 0 amide bonds. The van der Waals surface area contributed by atoms with E-state index in [-0.39, 0.29) is 6.47 Å². The molecule has 7 heavy (non-hydrogen) atoms. The molecule has 0 unspecified atom stereocenters. The largest absolute Gasteiger partial charge is 0.111 e. The Balaban J connectivity index is 2.59. The lowest BCUT2D eigenvalue weighted by atomic mass is 11.0. The van der Waals surface area contributed by atoms with Crippen LogP contribution < -0.4 is 0 Å². The molecule has 0 aromatic carbocycles. The molecule has 1 fully saturated rings. The van der Waals surface area contributed by atoms with Gasteiger partial charge in [-0.2, -0.15) is 0 Å². The zero-order valence-corrected chi connectivity index (χ0v) is 9.43. The van der Waals surface area contributed by atoms with Crippen molar-refractivity contribution in [3.63, 3.8) is 0 Å². The smallest absolute Gasteiger partial charge is 0.0698 e. The minimum atomic E-state index is -0.0208. The number of halogens is 4. The van der Waals surface area contributed by atoms with Crippen molar-refractivity contribution in [3.8, 4) is 0 Å². The molecular weight excluding hydrogens is 356 g/mol. The highest BCUT2D eigenvalue weighted by atomic mass is 79.9. The fourth-order valence-electron chi connectivity index (χ4n) is 0.192. The first-order valence-corrected chi connectivity index (χ1v) is 4.76. The van der Waals surface area contributed by atoms with Gasteiger partial charge in [0.05, 0.1) is 0 Å². The summed E-state index contributed by atoms with van der Waals surface area (Å²) in [7, 11) is 0. The monoisotopic (exact) mass is 353 g/mol. The van der Waals surface area contributed by atoms with Crippen LogP contribution in [0.5, 0.6) is 0 Å². The van der Waals surface area contributed by atoms with Crippen LogP contribution in [-0.4, -0.2) is 6.47 Å². The third-order valence-electron chi connectivity index (χ3n) is 0.724. The highest BCUT2D eigenvalue weighted by Gasteiger charge is 2.62. The van der Waals surface area contributed by atoms with E-state index >= 15 is 0 Å². The van der Waals surface area contributed by atoms with Crippen LogP contribution in [0, 0.1) is 6.42 Å². The Bertz CT molecular complexity index is 83.1. The maximum Gasteiger partial charge on any atom is 0.111 e. The number of alkyl halides is 4. The second-order valence-electron chi connectivity index (χ2n) is 1.39. The number of hydrogen-bond acceptors (Lipinski definition) is 0. The average Bonchev–Trinajstić information content (AvgIpc) is 1.63. The summed E-state index contributed by atoms with van der Waals surface area (Å²) in [5, 5.41) is 0. The van der Waals surface area contributed by atoms with Gasteiger partial charge in [0.2, 0.25) is 0 Å². The average molecular weight is 357 g/mol. The van der Waals surface area contributed by atoms with Crippen molar-refractivity contribution in [1.82, 2.24) is 0 Å². The standard InChI is InChI=1S/C3HBr4/c4-2(5)1-3(2,6)7/h1H. The maximum absolute atomic E-state index is 3.38. The summed E-state index contributed by atoms with van der Waals surface area (Å²) in [6.07, 6.45) is 2.04. The van der Waals surface area contributed by atoms with E-state index in [9.17, 15) is 0 Å². The van der Waals surface area contributed by atoms with Crippen molar-refractivity contribution in [2.45, 2.75) is 6.47 Å². The molecule has 0 atom stereocenters. The molecular formula is C3HBr4. The molecule has 1 radical (unpaired) electrons. The molecule has 1 aliphatic rings. The van der Waals surface area contributed by atoms with Gasteiger partial charge in [0.1, 0.15) is 6.47 Å². The van der Waals surface area contributed by atoms with E-state index in [0.29, 0.717) is 0 Å². The molecule has 0 aliphatic heterocycles. The zero-order chi connectivity index (χ0) is 5.71. The molecule has 0 nitrogen and oxygen atoms in total. The lowest BCUT2D eigenvalue weighted by molar-refractivity contribution is 1.46. The highest BCUT2D eigenvalue weighted by Crippen LogP contribution is 2.67. The van der Waals surface area contributed by atoms with Crippen molar-refractivity contribution in [2.24, 2.45) is 0 Å². The molecule has 0 aromatic rings. The summed E-state index contributed by atoms with van der Waals surface area (Å²) >= 11 is 13.5. The lowest BCUT2D eigenvalue weighted by Gasteiger charge is -1.95. The Morgan fingerprint density at radius 2 is 1.00 bits per heavy atom. The third kappa shape index (κ3) is 1.25. The maximum atomic E-state index is 3.38. The van der Waals surface area contributed by atoms with Crippen LogP contribution in [0.2, 0.25) is 0 Å². The van der Waals surface area contributed by atoms with E-state index in [4.69, 9.17) is 0 Å². The first-order valence-electron chi connectivity index (χ1n) is 1.58. The molecule has 41 valence electrons. The molecule has 1 aliphatic carbocycles. The first-order chi connectivity index (χ1) is 2.96. The van der Waals surface area contributed by atoms with Crippen LogP contribution in [-0.2, 0) is 0 Å². The summed E-state index contributed by atoms with van der Waals surface area (Å²) in [5.74, 6) is 0. The Morgan fingerprint density at radius 3 is 1.00 bits per heavy atom. The normalized spacial score (nSPS) is 32.6. The molecule has 0 bridgehead atoms. The molecule has 0 aromatic heterocycles. The predicted molar refractivity (Wildman–Crippen MR) is 45.5 cm³/mol. The van der Waals surface area contributed by atoms with Gasteiger partial charge in [-0.3, -0.25) is 0 Å². The van der Waals surface area contributed by atoms with Crippen molar-refractivity contribution in [2.75, 3.05) is 0 Å². The summed E-state index contributed by atoms with van der Waals surface area (Å²) in [5.41, 5.74) is 0. The zero-order valence-electron chi connectivity index (χ0n) is 3.09. The van der Waals surface area contributed by atoms with Gasteiger partial charge in [-0.15, -0.1) is 0 Å². The minimum absolute atomic E-state index is 0.0208. The molecule has 1 rings (SSSR count). The Labute approximate surface area is 75.9 Å². The van der Waals surface area contributed by atoms with Gasteiger partial charge in [-0.05, 0) is 0 Å². The van der Waals surface area contributed by atoms with Crippen LogP contribution >= 0.6 is 63.7 Å². The highest BCUT2D eigenvalue weighted by molar-refractivity contribution is 9.31. The Kier molecular flexibility index (Phi) is 1.71. The van der Waals surface area contributed by atoms with Crippen molar-refractivity contribution in [3.05, 3.63) is 6.42 Å². The minimum Gasteiger partial charge on any atom is -0.0698 e. The van der Waals surface area contributed by atoms with Crippen LogP contribution in [0.4, 0.5) is 0 Å². The van der Waals surface area contributed by atoms with E-state index in [2.05, 4.69) is 63.7 Å². The number of hydrogen-bond donors (Lipinski definition) is 0. The van der Waals surface area contributed by atoms with Crippen molar-refractivity contribution < 1.29 is 0 Å². The van der Waals surface area contributed by atoms with Crippen LogP contribution in [0.25, 0.3) is 0 Å². The summed E-state index contributed by atoms with van der Waals surface area (Å²) < 4.78 is -0.0417. The third-order valence-corrected chi connectivity index (χ3v) is 6.27. The van der Waals surface area contributed by atoms with Crippen LogP contribution in [0.15, 0.2) is 0 Å². The van der Waals surface area contributed by atoms with Gasteiger partial charge in [0.15, 0.2) is 0 Å². The van der Waals surface area contributed by atoms with E-state index < -0.39 is 0 Å². The second-order valence-corrected chi connectivity index (χ2v) is 8.52. The Hall–Kier alpha value is 1.92. The SMILES string of the molecule is BrC1(Br)[CH]C1(Br)Br. The first kappa shape index (κ1) is 7.03. The summed E-state index contributed by atoms with van der Waals surface area (Å²) in [6.45, 7) is 0. The van der Waals surface area contributed by atoms with E-state index in [0.717, 1.165) is 0 Å². The van der Waals surface area contributed by atoms with Gasteiger partial charge in [-0.1, -0.05) is 63.7 Å². The molecule has 4 heteroatoms. The lowest BCUT2D eigenvalue weighted by Crippen LogP contribution is -1.93. The number of rotatable bonds is 0.